The molecular formula is C19H27FN4O2. The van der Waals surface area contributed by atoms with Gasteiger partial charge in [0.15, 0.2) is 0 Å². The molecule has 0 aliphatic carbocycles. The SMILES string of the molecule is CC(C)C[C@@H](C(=O)OC(C)(C)C)N1CC(N=[N+]=[N-])C1c1ccc(F)cc1. The van der Waals surface area contributed by atoms with Gasteiger partial charge in [0.2, 0.25) is 0 Å². The third-order valence-electron chi connectivity index (χ3n) is 4.30. The summed E-state index contributed by atoms with van der Waals surface area (Å²) in [7, 11) is 0. The number of nitrogens with zero attached hydrogens (tertiary/aromatic N) is 4. The summed E-state index contributed by atoms with van der Waals surface area (Å²) in [5.74, 6) is -0.316. The third kappa shape index (κ3) is 4.96. The van der Waals surface area contributed by atoms with Gasteiger partial charge in [0.05, 0.1) is 6.04 Å². The van der Waals surface area contributed by atoms with Crippen LogP contribution in [0.2, 0.25) is 0 Å². The number of ether oxygens (including phenoxy) is 1. The fourth-order valence-electron chi connectivity index (χ4n) is 3.26. The number of azide groups is 1. The van der Waals surface area contributed by atoms with Crippen LogP contribution in [-0.2, 0) is 9.53 Å². The van der Waals surface area contributed by atoms with Crippen molar-refractivity contribution in [3.8, 4) is 0 Å². The molecule has 1 heterocycles. The highest BCUT2D eigenvalue weighted by Gasteiger charge is 2.46. The lowest BCUT2D eigenvalue weighted by molar-refractivity contribution is -0.167. The standard InChI is InChI=1S/C19H27FN4O2/c1-12(2)10-16(18(25)26-19(3,4)5)24-11-15(22-23-21)17(24)13-6-8-14(20)9-7-13/h6-9,12,15-17H,10-11H2,1-5H3/t15?,16-,17?/m0/s1. The zero-order valence-electron chi connectivity index (χ0n) is 16.0. The second-order valence-electron chi connectivity index (χ2n) is 8.14. The maximum atomic E-state index is 13.3. The lowest BCUT2D eigenvalue weighted by atomic mass is 9.86. The first kappa shape index (κ1) is 20.2. The maximum Gasteiger partial charge on any atom is 0.323 e. The zero-order valence-corrected chi connectivity index (χ0v) is 16.0. The van der Waals surface area contributed by atoms with E-state index in [1.54, 1.807) is 12.1 Å². The summed E-state index contributed by atoms with van der Waals surface area (Å²) < 4.78 is 18.9. The van der Waals surface area contributed by atoms with Crippen LogP contribution in [0.4, 0.5) is 4.39 Å². The van der Waals surface area contributed by atoms with Crippen LogP contribution in [0.3, 0.4) is 0 Å². The number of benzene rings is 1. The van der Waals surface area contributed by atoms with Crippen molar-refractivity contribution in [2.75, 3.05) is 6.54 Å². The van der Waals surface area contributed by atoms with E-state index in [0.29, 0.717) is 18.9 Å². The molecule has 1 fully saturated rings. The molecule has 6 nitrogen and oxygen atoms in total. The van der Waals surface area contributed by atoms with E-state index in [1.165, 1.54) is 12.1 Å². The quantitative estimate of drug-likeness (QED) is 0.321. The molecule has 3 atom stereocenters. The van der Waals surface area contributed by atoms with Gasteiger partial charge >= 0.3 is 5.97 Å². The summed E-state index contributed by atoms with van der Waals surface area (Å²) >= 11 is 0. The van der Waals surface area contributed by atoms with Gasteiger partial charge in [-0.1, -0.05) is 31.1 Å². The van der Waals surface area contributed by atoms with Crippen molar-refractivity contribution in [2.45, 2.75) is 64.8 Å². The number of esters is 1. The average molecular weight is 362 g/mol. The highest BCUT2D eigenvalue weighted by atomic mass is 19.1. The van der Waals surface area contributed by atoms with Gasteiger partial charge in [0, 0.05) is 17.5 Å². The zero-order chi connectivity index (χ0) is 19.5. The van der Waals surface area contributed by atoms with Crippen LogP contribution < -0.4 is 0 Å². The Morgan fingerprint density at radius 1 is 1.38 bits per heavy atom. The Hall–Kier alpha value is -2.11. The van der Waals surface area contributed by atoms with Gasteiger partial charge in [-0.05, 0) is 56.3 Å². The van der Waals surface area contributed by atoms with Gasteiger partial charge < -0.3 is 4.74 Å². The fraction of sp³-hybridized carbons (Fsp3) is 0.632. The lowest BCUT2D eigenvalue weighted by Gasteiger charge is -2.50. The van der Waals surface area contributed by atoms with Crippen LogP contribution >= 0.6 is 0 Å². The molecule has 1 aliphatic heterocycles. The van der Waals surface area contributed by atoms with Crippen molar-refractivity contribution in [1.29, 1.82) is 0 Å². The van der Waals surface area contributed by atoms with Crippen molar-refractivity contribution in [3.63, 3.8) is 0 Å². The largest absolute Gasteiger partial charge is 0.459 e. The van der Waals surface area contributed by atoms with E-state index in [1.807, 2.05) is 25.7 Å². The number of likely N-dealkylation sites (tertiary alicyclic amines) is 1. The van der Waals surface area contributed by atoms with Gasteiger partial charge in [-0.15, -0.1) is 0 Å². The predicted octanol–water partition coefficient (Wildman–Crippen LogP) is 4.62. The molecule has 0 saturated carbocycles. The Labute approximate surface area is 154 Å². The van der Waals surface area contributed by atoms with E-state index >= 15 is 0 Å². The molecule has 0 radical (unpaired) electrons. The second kappa shape index (κ2) is 8.06. The van der Waals surface area contributed by atoms with Gasteiger partial charge in [0.25, 0.3) is 0 Å². The molecule has 2 rings (SSSR count). The summed E-state index contributed by atoms with van der Waals surface area (Å²) in [5.41, 5.74) is 9.08. The molecule has 1 aromatic rings. The fourth-order valence-corrected chi connectivity index (χ4v) is 3.26. The number of carbonyl (C=O) groups excluding carboxylic acids is 1. The normalized spacial score (nSPS) is 21.7. The molecule has 0 bridgehead atoms. The average Bonchev–Trinajstić information content (AvgIpc) is 2.49. The Morgan fingerprint density at radius 3 is 2.50 bits per heavy atom. The summed E-state index contributed by atoms with van der Waals surface area (Å²) in [6, 6.07) is 5.12. The number of rotatable bonds is 6. The van der Waals surface area contributed by atoms with Crippen LogP contribution in [0.25, 0.3) is 10.4 Å². The number of carbonyl (C=O) groups is 1. The summed E-state index contributed by atoms with van der Waals surface area (Å²) in [6.07, 6.45) is 0.635. The molecule has 0 spiro atoms. The van der Waals surface area contributed by atoms with E-state index in [2.05, 4.69) is 23.9 Å². The molecule has 1 aliphatic rings. The van der Waals surface area contributed by atoms with Crippen molar-refractivity contribution < 1.29 is 13.9 Å². The Morgan fingerprint density at radius 2 is 2.00 bits per heavy atom. The van der Waals surface area contributed by atoms with Crippen molar-refractivity contribution in [2.24, 2.45) is 11.0 Å². The van der Waals surface area contributed by atoms with Gasteiger partial charge in [-0.3, -0.25) is 9.69 Å². The van der Waals surface area contributed by atoms with Crippen LogP contribution in [0.1, 0.15) is 52.6 Å². The first-order valence-electron chi connectivity index (χ1n) is 8.90. The highest BCUT2D eigenvalue weighted by molar-refractivity contribution is 5.76. The van der Waals surface area contributed by atoms with Gasteiger partial charge in [-0.2, -0.15) is 0 Å². The molecule has 0 N–H and O–H groups in total. The number of hydrogen-bond acceptors (Lipinski definition) is 4. The molecule has 1 saturated heterocycles. The summed E-state index contributed by atoms with van der Waals surface area (Å²) in [5, 5.41) is 3.85. The first-order chi connectivity index (χ1) is 12.1. The van der Waals surface area contributed by atoms with Crippen LogP contribution in [0.5, 0.6) is 0 Å². The highest BCUT2D eigenvalue weighted by Crippen LogP contribution is 2.39. The molecule has 142 valence electrons. The topological polar surface area (TPSA) is 78.3 Å². The second-order valence-corrected chi connectivity index (χ2v) is 8.14. The third-order valence-corrected chi connectivity index (χ3v) is 4.30. The van der Waals surface area contributed by atoms with Crippen LogP contribution in [-0.4, -0.2) is 35.1 Å². The molecule has 0 aromatic heterocycles. The lowest BCUT2D eigenvalue weighted by Crippen LogP contribution is -2.60. The Bertz CT molecular complexity index is 678. The predicted molar refractivity (Wildman–Crippen MR) is 97.9 cm³/mol. The minimum absolute atomic E-state index is 0.261. The minimum Gasteiger partial charge on any atom is -0.459 e. The number of halogens is 1. The van der Waals surface area contributed by atoms with E-state index in [4.69, 9.17) is 10.3 Å². The van der Waals surface area contributed by atoms with E-state index in [-0.39, 0.29) is 23.9 Å². The molecular weight excluding hydrogens is 335 g/mol. The Balaban J connectivity index is 2.31. The Kier molecular flexibility index (Phi) is 6.26. The molecule has 7 heteroatoms. The molecule has 0 amide bonds. The van der Waals surface area contributed by atoms with E-state index in [9.17, 15) is 9.18 Å². The van der Waals surface area contributed by atoms with Crippen LogP contribution in [0, 0.1) is 11.7 Å². The molecule has 26 heavy (non-hydrogen) atoms. The first-order valence-corrected chi connectivity index (χ1v) is 8.90. The van der Waals surface area contributed by atoms with E-state index < -0.39 is 11.6 Å². The molecule has 2 unspecified atom stereocenters. The van der Waals surface area contributed by atoms with Crippen molar-refractivity contribution >= 4 is 5.97 Å². The van der Waals surface area contributed by atoms with E-state index in [0.717, 1.165) is 5.56 Å². The summed E-state index contributed by atoms with van der Waals surface area (Å²) in [4.78, 5) is 17.7. The van der Waals surface area contributed by atoms with Crippen LogP contribution in [0.15, 0.2) is 29.4 Å². The minimum atomic E-state index is -0.577. The molecule has 1 aromatic carbocycles. The van der Waals surface area contributed by atoms with Gasteiger partial charge in [-0.25, -0.2) is 4.39 Å². The van der Waals surface area contributed by atoms with Crippen molar-refractivity contribution in [1.82, 2.24) is 4.90 Å². The maximum absolute atomic E-state index is 13.3. The van der Waals surface area contributed by atoms with Crippen molar-refractivity contribution in [3.05, 3.63) is 46.1 Å². The summed E-state index contributed by atoms with van der Waals surface area (Å²) in [6.45, 7) is 10.1. The van der Waals surface area contributed by atoms with Gasteiger partial charge in [0.1, 0.15) is 17.5 Å². The number of hydrogen-bond donors (Lipinski definition) is 0. The smallest absolute Gasteiger partial charge is 0.323 e. The monoisotopic (exact) mass is 362 g/mol.